The van der Waals surface area contributed by atoms with Crippen LogP contribution in [-0.4, -0.2) is 33.5 Å². The van der Waals surface area contributed by atoms with Crippen LogP contribution in [0.15, 0.2) is 45.2 Å². The number of carboxylic acid groups (broad SMARTS) is 1. The van der Waals surface area contributed by atoms with Crippen LogP contribution in [0, 0.1) is 5.92 Å². The van der Waals surface area contributed by atoms with Crippen molar-refractivity contribution in [2.24, 2.45) is 16.1 Å². The van der Waals surface area contributed by atoms with E-state index in [-0.39, 0.29) is 23.3 Å². The quantitative estimate of drug-likeness (QED) is 0.494. The summed E-state index contributed by atoms with van der Waals surface area (Å²) in [5.74, 6) is -1.51. The molecule has 2 aromatic rings. The van der Waals surface area contributed by atoms with Crippen LogP contribution < -0.4 is 10.4 Å². The summed E-state index contributed by atoms with van der Waals surface area (Å²) < 4.78 is 0. The fourth-order valence-corrected chi connectivity index (χ4v) is 4.59. The Morgan fingerprint density at radius 2 is 2.17 bits per heavy atom. The smallest absolute Gasteiger partial charge is 0.306 e. The lowest BCUT2D eigenvalue weighted by molar-refractivity contribution is -0.143. The molecule has 1 aromatic carbocycles. The second-order valence-electron chi connectivity index (χ2n) is 7.50. The van der Waals surface area contributed by atoms with Crippen LogP contribution in [0.1, 0.15) is 44.1 Å². The van der Waals surface area contributed by atoms with Gasteiger partial charge in [-0.25, -0.2) is 0 Å². The molecule has 0 bridgehead atoms. The number of carbonyl (C=O) groups is 2. The zero-order chi connectivity index (χ0) is 21.3. The van der Waals surface area contributed by atoms with Crippen molar-refractivity contribution in [2.75, 3.05) is 10.4 Å². The van der Waals surface area contributed by atoms with E-state index in [9.17, 15) is 19.8 Å². The molecule has 3 N–H and O–H groups in total. The van der Waals surface area contributed by atoms with Gasteiger partial charge in [-0.15, -0.1) is 0 Å². The number of benzene rings is 1. The summed E-state index contributed by atoms with van der Waals surface area (Å²) in [5, 5.41) is 33.6. The number of para-hydroxylation sites is 1. The minimum Gasteiger partial charge on any atom is -0.505 e. The maximum absolute atomic E-state index is 12.7. The van der Waals surface area contributed by atoms with E-state index in [0.717, 1.165) is 12.8 Å². The average molecular weight is 426 g/mol. The molecule has 4 rings (SSSR count). The molecule has 156 valence electrons. The number of nitrogens with zero attached hydrogens (tertiary/aromatic N) is 3. The number of hydrazone groups is 2. The minimum absolute atomic E-state index is 0.0280. The van der Waals surface area contributed by atoms with Crippen LogP contribution in [0.5, 0.6) is 5.75 Å². The van der Waals surface area contributed by atoms with Crippen molar-refractivity contribution < 1.29 is 19.8 Å². The third kappa shape index (κ3) is 3.80. The lowest BCUT2D eigenvalue weighted by Crippen LogP contribution is -2.27. The standard InChI is InChI=1S/C21H22N4O4S/c1-12-18(20(27)25(24-12)15-8-9-30-11-15)23-22-17-7-3-6-16(19(17)26)13-4-2-5-14(10-13)21(28)29/h3,6-9,11,13-14,22,26H,2,4-5,10H2,1H3,(H,28,29). The van der Waals surface area contributed by atoms with Gasteiger partial charge in [0.05, 0.1) is 23.0 Å². The van der Waals surface area contributed by atoms with Gasteiger partial charge in [0, 0.05) is 5.38 Å². The first kappa shape index (κ1) is 20.1. The van der Waals surface area contributed by atoms with Crippen molar-refractivity contribution in [3.8, 4) is 5.75 Å². The number of carboxylic acids is 1. The monoisotopic (exact) mass is 426 g/mol. The maximum atomic E-state index is 12.7. The molecule has 2 heterocycles. The lowest BCUT2D eigenvalue weighted by atomic mass is 9.77. The number of thiophene rings is 1. The molecule has 1 aromatic heterocycles. The van der Waals surface area contributed by atoms with E-state index in [4.69, 9.17) is 0 Å². The van der Waals surface area contributed by atoms with Crippen LogP contribution in [-0.2, 0) is 9.59 Å². The van der Waals surface area contributed by atoms with Crippen LogP contribution in [0.3, 0.4) is 0 Å². The molecule has 2 atom stereocenters. The molecule has 9 heteroatoms. The van der Waals surface area contributed by atoms with Crippen molar-refractivity contribution in [1.82, 2.24) is 0 Å². The molecule has 8 nitrogen and oxygen atoms in total. The molecule has 0 radical (unpaired) electrons. The van der Waals surface area contributed by atoms with Crippen LogP contribution in [0.25, 0.3) is 0 Å². The molecule has 2 unspecified atom stereocenters. The van der Waals surface area contributed by atoms with Crippen molar-refractivity contribution >= 4 is 46.0 Å². The first-order chi connectivity index (χ1) is 14.5. The SMILES string of the molecule is CC1=NN(c2ccsc2)C(=O)C1=NNc1cccc(C2CCCC(C(=O)O)C2)c1O. The summed E-state index contributed by atoms with van der Waals surface area (Å²) in [7, 11) is 0. The molecule has 1 aliphatic carbocycles. The topological polar surface area (TPSA) is 115 Å². The van der Waals surface area contributed by atoms with Gasteiger partial charge >= 0.3 is 11.9 Å². The van der Waals surface area contributed by atoms with E-state index in [2.05, 4.69) is 15.6 Å². The van der Waals surface area contributed by atoms with Gasteiger partial charge < -0.3 is 10.2 Å². The molecule has 1 aliphatic heterocycles. The lowest BCUT2D eigenvalue weighted by Gasteiger charge is -2.27. The van der Waals surface area contributed by atoms with Crippen molar-refractivity contribution in [3.63, 3.8) is 0 Å². The molecule has 2 aliphatic rings. The van der Waals surface area contributed by atoms with Crippen LogP contribution >= 0.6 is 11.3 Å². The highest BCUT2D eigenvalue weighted by molar-refractivity contribution is 7.08. The Balaban J connectivity index is 1.53. The fraction of sp³-hybridized carbons (Fsp3) is 0.333. The molecular weight excluding hydrogens is 404 g/mol. The molecule has 0 saturated heterocycles. The van der Waals surface area contributed by atoms with Gasteiger partial charge in [-0.1, -0.05) is 18.6 Å². The molecule has 1 fully saturated rings. The predicted octanol–water partition coefficient (Wildman–Crippen LogP) is 4.00. The molecule has 1 saturated carbocycles. The van der Waals surface area contributed by atoms with Crippen molar-refractivity contribution in [2.45, 2.75) is 38.5 Å². The number of phenolic OH excluding ortho intramolecular Hbond substituents is 1. The van der Waals surface area contributed by atoms with Gasteiger partial charge in [-0.05, 0) is 55.2 Å². The Hall–Kier alpha value is -3.20. The summed E-state index contributed by atoms with van der Waals surface area (Å²) in [4.78, 5) is 24.0. The zero-order valence-electron chi connectivity index (χ0n) is 16.4. The number of rotatable bonds is 5. The third-order valence-corrected chi connectivity index (χ3v) is 6.23. The Morgan fingerprint density at radius 1 is 1.33 bits per heavy atom. The van der Waals surface area contributed by atoms with E-state index >= 15 is 0 Å². The van der Waals surface area contributed by atoms with Crippen LogP contribution in [0.2, 0.25) is 0 Å². The normalized spacial score (nSPS) is 23.0. The first-order valence-electron chi connectivity index (χ1n) is 9.76. The Labute approximate surface area is 177 Å². The maximum Gasteiger partial charge on any atom is 0.306 e. The predicted molar refractivity (Wildman–Crippen MR) is 116 cm³/mol. The Bertz CT molecular complexity index is 1030. The van der Waals surface area contributed by atoms with E-state index in [1.165, 1.54) is 16.3 Å². The fourth-order valence-electron chi connectivity index (χ4n) is 3.97. The number of nitrogens with one attached hydrogen (secondary N) is 1. The van der Waals surface area contributed by atoms with Gasteiger partial charge in [0.2, 0.25) is 0 Å². The third-order valence-electron chi connectivity index (χ3n) is 5.56. The molecule has 0 spiro atoms. The highest BCUT2D eigenvalue weighted by atomic mass is 32.1. The second kappa shape index (κ2) is 8.27. The van der Waals surface area contributed by atoms with E-state index in [0.29, 0.717) is 35.5 Å². The molecule has 30 heavy (non-hydrogen) atoms. The van der Waals surface area contributed by atoms with E-state index < -0.39 is 11.9 Å². The summed E-state index contributed by atoms with van der Waals surface area (Å²) in [6.45, 7) is 1.70. The number of aromatic hydroxyl groups is 1. The Morgan fingerprint density at radius 3 is 2.90 bits per heavy atom. The summed E-state index contributed by atoms with van der Waals surface area (Å²) in [6, 6.07) is 7.08. The number of carbonyl (C=O) groups excluding carboxylic acids is 1. The van der Waals surface area contributed by atoms with Crippen molar-refractivity contribution in [3.05, 3.63) is 40.6 Å². The Kier molecular flexibility index (Phi) is 5.54. The number of hydrogen-bond acceptors (Lipinski definition) is 7. The highest BCUT2D eigenvalue weighted by Crippen LogP contribution is 2.42. The largest absolute Gasteiger partial charge is 0.505 e. The number of hydrogen-bond donors (Lipinski definition) is 3. The van der Waals surface area contributed by atoms with Gasteiger partial charge in [-0.2, -0.15) is 26.5 Å². The first-order valence-corrected chi connectivity index (χ1v) is 10.7. The van der Waals surface area contributed by atoms with Gasteiger partial charge in [0.1, 0.15) is 5.75 Å². The van der Waals surface area contributed by atoms with E-state index in [1.54, 1.807) is 25.1 Å². The van der Waals surface area contributed by atoms with Crippen molar-refractivity contribution in [1.29, 1.82) is 0 Å². The summed E-state index contributed by atoms with van der Waals surface area (Å²) in [6.07, 6.45) is 2.80. The van der Waals surface area contributed by atoms with E-state index in [1.807, 2.05) is 16.8 Å². The minimum atomic E-state index is -0.787. The molecule has 1 amide bonds. The van der Waals surface area contributed by atoms with Gasteiger partial charge in [0.15, 0.2) is 5.71 Å². The average Bonchev–Trinajstić information content (AvgIpc) is 3.36. The number of anilines is 2. The number of aliphatic carboxylic acids is 1. The number of amides is 1. The number of phenols is 1. The second-order valence-corrected chi connectivity index (χ2v) is 8.28. The zero-order valence-corrected chi connectivity index (χ0v) is 17.2. The summed E-state index contributed by atoms with van der Waals surface area (Å²) in [5.41, 5.74) is 5.20. The highest BCUT2D eigenvalue weighted by Gasteiger charge is 2.32. The van der Waals surface area contributed by atoms with Crippen LogP contribution in [0.4, 0.5) is 11.4 Å². The molecular formula is C21H22N4O4S. The van der Waals surface area contributed by atoms with Gasteiger partial charge in [0.25, 0.3) is 0 Å². The summed E-state index contributed by atoms with van der Waals surface area (Å²) >= 11 is 1.47. The van der Waals surface area contributed by atoms with Gasteiger partial charge in [-0.3, -0.25) is 15.0 Å².